The van der Waals surface area contributed by atoms with Crippen molar-refractivity contribution in [2.75, 3.05) is 11.8 Å². The van der Waals surface area contributed by atoms with E-state index in [-0.39, 0.29) is 16.3 Å². The Bertz CT molecular complexity index is 960. The van der Waals surface area contributed by atoms with Gasteiger partial charge in [0.2, 0.25) is 0 Å². The van der Waals surface area contributed by atoms with Crippen molar-refractivity contribution in [3.63, 3.8) is 0 Å². The number of phenols is 1. The number of nitrogens with one attached hydrogen (secondary N) is 1. The molecule has 0 fully saturated rings. The number of aromatic hydroxyl groups is 1. The van der Waals surface area contributed by atoms with Crippen molar-refractivity contribution in [3.05, 3.63) is 57.1 Å². The molecule has 0 aliphatic heterocycles. The maximum absolute atomic E-state index is 12.4. The number of ether oxygens (including phenoxy) is 1. The van der Waals surface area contributed by atoms with E-state index in [4.69, 9.17) is 11.6 Å². The number of methoxy groups -OCH3 is 1. The van der Waals surface area contributed by atoms with Crippen LogP contribution in [-0.2, 0) is 14.8 Å². The Kier molecular flexibility index (Phi) is 5.14. The van der Waals surface area contributed by atoms with Crippen LogP contribution < -0.4 is 4.72 Å². The third kappa shape index (κ3) is 3.80. The summed E-state index contributed by atoms with van der Waals surface area (Å²) in [5.74, 6) is -1.50. The van der Waals surface area contributed by atoms with Crippen molar-refractivity contribution in [1.29, 1.82) is 0 Å². The number of nitrogens with zero attached hydrogens (tertiary/aromatic N) is 1. The molecular weight excluding hydrogens is 376 g/mol. The monoisotopic (exact) mass is 386 g/mol. The van der Waals surface area contributed by atoms with E-state index in [1.807, 2.05) is 0 Å². The number of benzene rings is 2. The molecule has 2 aromatic carbocycles. The van der Waals surface area contributed by atoms with E-state index in [0.717, 1.165) is 25.3 Å². The fourth-order valence-electron chi connectivity index (χ4n) is 1.90. The lowest BCUT2D eigenvalue weighted by Gasteiger charge is -2.11. The number of para-hydroxylation sites is 1. The van der Waals surface area contributed by atoms with Gasteiger partial charge in [-0.25, -0.2) is 13.2 Å². The highest BCUT2D eigenvalue weighted by Gasteiger charge is 2.23. The summed E-state index contributed by atoms with van der Waals surface area (Å²) in [7, 11) is -3.18. The number of halogens is 1. The molecule has 0 spiro atoms. The molecule has 0 heterocycles. The smallest absolute Gasteiger partial charge is 0.341 e. The van der Waals surface area contributed by atoms with Gasteiger partial charge in [0.15, 0.2) is 5.75 Å². The number of anilines is 1. The number of carbonyl (C=O) groups excluding carboxylic acids is 1. The van der Waals surface area contributed by atoms with E-state index in [1.54, 1.807) is 0 Å². The van der Waals surface area contributed by atoms with Crippen LogP contribution in [0.4, 0.5) is 11.4 Å². The van der Waals surface area contributed by atoms with Crippen LogP contribution in [0.1, 0.15) is 10.4 Å². The van der Waals surface area contributed by atoms with E-state index in [9.17, 15) is 28.4 Å². The highest BCUT2D eigenvalue weighted by atomic mass is 35.5. The summed E-state index contributed by atoms with van der Waals surface area (Å²) < 4.78 is 31.3. The zero-order chi connectivity index (χ0) is 18.8. The summed E-state index contributed by atoms with van der Waals surface area (Å²) in [6, 6.07) is 6.70. The lowest BCUT2D eigenvalue weighted by Crippen LogP contribution is -2.14. The van der Waals surface area contributed by atoms with Crippen LogP contribution in [-0.4, -0.2) is 31.5 Å². The van der Waals surface area contributed by atoms with Crippen LogP contribution in [0.3, 0.4) is 0 Å². The predicted molar refractivity (Wildman–Crippen MR) is 88.4 cm³/mol. The van der Waals surface area contributed by atoms with E-state index in [0.29, 0.717) is 0 Å². The van der Waals surface area contributed by atoms with Gasteiger partial charge >= 0.3 is 5.97 Å². The van der Waals surface area contributed by atoms with Crippen LogP contribution in [0.25, 0.3) is 0 Å². The molecule has 2 N–H and O–H groups in total. The molecule has 0 aliphatic carbocycles. The highest BCUT2D eigenvalue weighted by molar-refractivity contribution is 7.92. The van der Waals surface area contributed by atoms with Crippen molar-refractivity contribution >= 4 is 39.0 Å². The van der Waals surface area contributed by atoms with Crippen molar-refractivity contribution in [3.8, 4) is 5.75 Å². The molecule has 0 bridgehead atoms. The van der Waals surface area contributed by atoms with E-state index in [1.165, 1.54) is 18.2 Å². The maximum Gasteiger partial charge on any atom is 0.341 e. The average Bonchev–Trinajstić information content (AvgIpc) is 2.55. The number of phenolic OH excluding ortho intramolecular Hbond substituents is 1. The summed E-state index contributed by atoms with van der Waals surface area (Å²) in [6.07, 6.45) is 0. The summed E-state index contributed by atoms with van der Waals surface area (Å²) in [5.41, 5.74) is -1.12. The topological polar surface area (TPSA) is 136 Å². The Morgan fingerprint density at radius 2 is 2.00 bits per heavy atom. The second-order valence-electron chi connectivity index (χ2n) is 4.67. The molecule has 0 saturated heterocycles. The molecular formula is C14H11ClN2O7S. The van der Waals surface area contributed by atoms with Gasteiger partial charge in [0, 0.05) is 6.07 Å². The van der Waals surface area contributed by atoms with Crippen molar-refractivity contribution < 1.29 is 28.0 Å². The third-order valence-corrected chi connectivity index (χ3v) is 4.79. The molecule has 0 aliphatic rings. The van der Waals surface area contributed by atoms with Gasteiger partial charge in [-0.15, -0.1) is 0 Å². The van der Waals surface area contributed by atoms with E-state index < -0.39 is 37.2 Å². The molecule has 0 amide bonds. The van der Waals surface area contributed by atoms with Crippen molar-refractivity contribution in [1.82, 2.24) is 0 Å². The number of sulfonamides is 1. The van der Waals surface area contributed by atoms with Crippen LogP contribution in [0.5, 0.6) is 5.75 Å². The predicted octanol–water partition coefficient (Wildman–Crippen LogP) is 2.54. The molecule has 132 valence electrons. The van der Waals surface area contributed by atoms with Crippen LogP contribution in [0, 0.1) is 10.1 Å². The van der Waals surface area contributed by atoms with Gasteiger partial charge in [-0.3, -0.25) is 14.8 Å². The molecule has 0 atom stereocenters. The molecule has 0 aromatic heterocycles. The molecule has 2 aromatic rings. The zero-order valence-corrected chi connectivity index (χ0v) is 14.2. The third-order valence-electron chi connectivity index (χ3n) is 3.11. The van der Waals surface area contributed by atoms with E-state index >= 15 is 0 Å². The Hall–Kier alpha value is -2.85. The lowest BCUT2D eigenvalue weighted by atomic mass is 10.2. The summed E-state index contributed by atoms with van der Waals surface area (Å²) >= 11 is 5.65. The SMILES string of the molecule is COC(=O)c1cccc(NS(=O)(=O)c2ccc(Cl)c([N+](=O)[O-])c2)c1O. The Labute approximate surface area is 147 Å². The van der Waals surface area contributed by atoms with Crippen LogP contribution in [0.2, 0.25) is 5.02 Å². The first-order chi connectivity index (χ1) is 11.7. The van der Waals surface area contributed by atoms with Crippen LogP contribution in [0.15, 0.2) is 41.3 Å². The molecule has 11 heteroatoms. The molecule has 0 unspecified atom stereocenters. The molecule has 2 rings (SSSR count). The summed E-state index contributed by atoms with van der Waals surface area (Å²) in [6.45, 7) is 0. The van der Waals surface area contributed by atoms with Crippen LogP contribution >= 0.6 is 11.6 Å². The first kappa shape index (κ1) is 18.5. The average molecular weight is 387 g/mol. The molecule has 0 radical (unpaired) electrons. The number of rotatable bonds is 5. The first-order valence-corrected chi connectivity index (χ1v) is 8.40. The number of hydrogen-bond acceptors (Lipinski definition) is 7. The second kappa shape index (κ2) is 6.95. The zero-order valence-electron chi connectivity index (χ0n) is 12.6. The van der Waals surface area contributed by atoms with Gasteiger partial charge in [0.25, 0.3) is 15.7 Å². The fraction of sp³-hybridized carbons (Fsp3) is 0.0714. The first-order valence-electron chi connectivity index (χ1n) is 6.54. The maximum atomic E-state index is 12.4. The van der Waals surface area contributed by atoms with Gasteiger partial charge in [-0.05, 0) is 24.3 Å². The van der Waals surface area contributed by atoms with Crippen molar-refractivity contribution in [2.45, 2.75) is 4.90 Å². The molecule has 0 saturated carbocycles. The van der Waals surface area contributed by atoms with Gasteiger partial charge in [0.05, 0.1) is 22.6 Å². The Morgan fingerprint density at radius 1 is 1.32 bits per heavy atom. The quantitative estimate of drug-likeness (QED) is 0.348. The molecule has 9 nitrogen and oxygen atoms in total. The lowest BCUT2D eigenvalue weighted by molar-refractivity contribution is -0.384. The number of nitro groups is 1. The van der Waals surface area contributed by atoms with Gasteiger partial charge in [-0.1, -0.05) is 17.7 Å². The van der Waals surface area contributed by atoms with Gasteiger partial charge in [0.1, 0.15) is 10.6 Å². The minimum Gasteiger partial charge on any atom is -0.505 e. The van der Waals surface area contributed by atoms with Gasteiger partial charge in [-0.2, -0.15) is 0 Å². The second-order valence-corrected chi connectivity index (χ2v) is 6.76. The Balaban J connectivity index is 2.45. The highest BCUT2D eigenvalue weighted by Crippen LogP contribution is 2.32. The Morgan fingerprint density at radius 3 is 2.60 bits per heavy atom. The standard InChI is InChI=1S/C14H11ClN2O7S/c1-24-14(19)9-3-2-4-11(13(9)18)16-25(22,23)8-5-6-10(15)12(7-8)17(20)21/h2-7,16,18H,1H3. The number of esters is 1. The minimum absolute atomic E-state index is 0.223. The fourth-order valence-corrected chi connectivity index (χ4v) is 3.18. The van der Waals surface area contributed by atoms with Gasteiger partial charge < -0.3 is 9.84 Å². The molecule has 25 heavy (non-hydrogen) atoms. The summed E-state index contributed by atoms with van der Waals surface area (Å²) in [5, 5.41) is 20.7. The van der Waals surface area contributed by atoms with E-state index in [2.05, 4.69) is 9.46 Å². The normalized spacial score (nSPS) is 11.0. The number of nitro benzene ring substituents is 1. The van der Waals surface area contributed by atoms with Crippen molar-refractivity contribution in [2.24, 2.45) is 0 Å². The number of carbonyl (C=O) groups is 1. The summed E-state index contributed by atoms with van der Waals surface area (Å²) in [4.78, 5) is 21.1. The minimum atomic E-state index is -4.28. The number of hydrogen-bond donors (Lipinski definition) is 2. The largest absolute Gasteiger partial charge is 0.505 e.